The molecule has 7 nitrogen and oxygen atoms in total. The first kappa shape index (κ1) is 21.4. The van der Waals surface area contributed by atoms with Gasteiger partial charge in [-0.2, -0.15) is 4.68 Å². The Kier molecular flexibility index (Phi) is 6.50. The molecule has 0 amide bonds. The van der Waals surface area contributed by atoms with Gasteiger partial charge < -0.3 is 0 Å². The molecule has 0 radical (unpaired) electrons. The van der Waals surface area contributed by atoms with Crippen LogP contribution in [0.15, 0.2) is 100 Å². The van der Waals surface area contributed by atoms with Crippen LogP contribution in [0, 0.1) is 0 Å². The average molecular weight is 473 g/mol. The lowest BCUT2D eigenvalue weighted by molar-refractivity contribution is 0.756. The summed E-state index contributed by atoms with van der Waals surface area (Å²) in [7, 11) is 0. The standard InChI is InChI=1S/C24H20N6OS2/c31-22-20-14-7-8-15-21(20)25-23(29(22)18-10-3-1-4-11-18)32-16-9-17-33-24-26-27-28-30(24)19-12-5-2-6-13-19/h1-8,10-15H,9,16-17H2. The second-order valence-electron chi connectivity index (χ2n) is 7.15. The van der Waals surface area contributed by atoms with Gasteiger partial charge in [0.25, 0.3) is 5.56 Å². The molecule has 33 heavy (non-hydrogen) atoms. The van der Waals surface area contributed by atoms with E-state index >= 15 is 0 Å². The molecule has 0 atom stereocenters. The Hall–Kier alpha value is -3.43. The number of rotatable bonds is 8. The second-order valence-corrected chi connectivity index (χ2v) is 9.27. The topological polar surface area (TPSA) is 78.5 Å². The maximum absolute atomic E-state index is 13.2. The van der Waals surface area contributed by atoms with Gasteiger partial charge in [0.05, 0.1) is 22.3 Å². The van der Waals surface area contributed by atoms with Gasteiger partial charge >= 0.3 is 0 Å². The maximum Gasteiger partial charge on any atom is 0.266 e. The summed E-state index contributed by atoms with van der Waals surface area (Å²) < 4.78 is 3.45. The van der Waals surface area contributed by atoms with Crippen molar-refractivity contribution in [2.24, 2.45) is 0 Å². The number of aromatic nitrogens is 6. The molecule has 2 heterocycles. The highest BCUT2D eigenvalue weighted by Gasteiger charge is 2.13. The van der Waals surface area contributed by atoms with E-state index in [-0.39, 0.29) is 5.56 Å². The molecule has 0 aliphatic rings. The zero-order chi connectivity index (χ0) is 22.5. The van der Waals surface area contributed by atoms with E-state index in [1.54, 1.807) is 32.8 Å². The van der Waals surface area contributed by atoms with Crippen LogP contribution in [-0.4, -0.2) is 41.3 Å². The fraction of sp³-hybridized carbons (Fsp3) is 0.125. The molecule has 3 aromatic carbocycles. The van der Waals surface area contributed by atoms with Crippen molar-refractivity contribution in [3.8, 4) is 11.4 Å². The Balaban J connectivity index is 1.30. The summed E-state index contributed by atoms with van der Waals surface area (Å²) in [5.74, 6) is 1.67. The van der Waals surface area contributed by atoms with E-state index in [0.29, 0.717) is 16.1 Å². The summed E-state index contributed by atoms with van der Waals surface area (Å²) in [6.07, 6.45) is 0.911. The highest BCUT2D eigenvalue weighted by Crippen LogP contribution is 2.24. The minimum absolute atomic E-state index is 0.0503. The van der Waals surface area contributed by atoms with E-state index in [1.807, 2.05) is 84.9 Å². The van der Waals surface area contributed by atoms with Crippen LogP contribution in [0.1, 0.15) is 6.42 Å². The molecule has 0 saturated carbocycles. The predicted molar refractivity (Wildman–Crippen MR) is 133 cm³/mol. The fourth-order valence-electron chi connectivity index (χ4n) is 3.40. The third-order valence-corrected chi connectivity index (χ3v) is 6.98. The second kappa shape index (κ2) is 10.0. The molecule has 0 aliphatic carbocycles. The van der Waals surface area contributed by atoms with Crippen LogP contribution in [-0.2, 0) is 0 Å². The molecule has 0 fully saturated rings. The molecule has 9 heteroatoms. The van der Waals surface area contributed by atoms with E-state index < -0.39 is 0 Å². The van der Waals surface area contributed by atoms with Crippen LogP contribution >= 0.6 is 23.5 Å². The Labute approximate surface area is 198 Å². The van der Waals surface area contributed by atoms with Crippen LogP contribution in [0.2, 0.25) is 0 Å². The third-order valence-electron chi connectivity index (χ3n) is 4.95. The number of para-hydroxylation sites is 3. The Morgan fingerprint density at radius 1 is 0.727 bits per heavy atom. The third kappa shape index (κ3) is 4.69. The van der Waals surface area contributed by atoms with Crippen molar-refractivity contribution in [2.75, 3.05) is 11.5 Å². The molecule has 5 aromatic rings. The molecule has 0 unspecified atom stereocenters. The van der Waals surface area contributed by atoms with Gasteiger partial charge in [0.2, 0.25) is 5.16 Å². The van der Waals surface area contributed by atoms with Crippen molar-refractivity contribution >= 4 is 34.4 Å². The molecule has 0 spiro atoms. The molecule has 0 aliphatic heterocycles. The Morgan fingerprint density at radius 2 is 1.36 bits per heavy atom. The van der Waals surface area contributed by atoms with Gasteiger partial charge in [-0.1, -0.05) is 72.1 Å². The van der Waals surface area contributed by atoms with Crippen molar-refractivity contribution in [1.29, 1.82) is 0 Å². The molecule has 164 valence electrons. The molecule has 2 aromatic heterocycles. The van der Waals surface area contributed by atoms with Crippen LogP contribution in [0.25, 0.3) is 22.3 Å². The highest BCUT2D eigenvalue weighted by atomic mass is 32.2. The van der Waals surface area contributed by atoms with Gasteiger partial charge in [0, 0.05) is 11.5 Å². The monoisotopic (exact) mass is 472 g/mol. The number of fused-ring (bicyclic) bond motifs is 1. The van der Waals surface area contributed by atoms with E-state index in [1.165, 1.54) is 0 Å². The minimum atomic E-state index is -0.0503. The quantitative estimate of drug-likeness (QED) is 0.185. The Morgan fingerprint density at radius 3 is 2.12 bits per heavy atom. The van der Waals surface area contributed by atoms with Crippen molar-refractivity contribution < 1.29 is 0 Å². The lowest BCUT2D eigenvalue weighted by Gasteiger charge is -2.13. The smallest absolute Gasteiger partial charge is 0.266 e. The number of hydrogen-bond donors (Lipinski definition) is 0. The lowest BCUT2D eigenvalue weighted by atomic mass is 10.2. The lowest BCUT2D eigenvalue weighted by Crippen LogP contribution is -2.21. The summed E-state index contributed by atoms with van der Waals surface area (Å²) in [4.78, 5) is 18.0. The normalized spacial score (nSPS) is 11.2. The van der Waals surface area contributed by atoms with Gasteiger partial charge in [-0.05, 0) is 53.2 Å². The van der Waals surface area contributed by atoms with Crippen LogP contribution < -0.4 is 5.56 Å². The van der Waals surface area contributed by atoms with E-state index in [0.717, 1.165) is 34.5 Å². The SMILES string of the molecule is O=c1c2ccccc2nc(SCCCSc2nnnn2-c2ccccc2)n1-c1ccccc1. The molecular formula is C24H20N6OS2. The van der Waals surface area contributed by atoms with Crippen molar-refractivity contribution in [1.82, 2.24) is 29.8 Å². The van der Waals surface area contributed by atoms with Crippen LogP contribution in [0.5, 0.6) is 0 Å². The average Bonchev–Trinajstić information content (AvgIpc) is 3.34. The fourth-order valence-corrected chi connectivity index (χ4v) is 5.36. The van der Waals surface area contributed by atoms with E-state index in [4.69, 9.17) is 4.98 Å². The summed E-state index contributed by atoms with van der Waals surface area (Å²) >= 11 is 3.20. The van der Waals surface area contributed by atoms with Gasteiger partial charge in [-0.15, -0.1) is 5.10 Å². The first-order chi connectivity index (χ1) is 16.3. The number of tetrazole rings is 1. The summed E-state index contributed by atoms with van der Waals surface area (Å²) in [5, 5.41) is 14.1. The van der Waals surface area contributed by atoms with Gasteiger partial charge in [-0.25, -0.2) is 4.98 Å². The summed E-state index contributed by atoms with van der Waals surface area (Å²) in [6, 6.07) is 27.0. The summed E-state index contributed by atoms with van der Waals surface area (Å²) in [6.45, 7) is 0. The van der Waals surface area contributed by atoms with Gasteiger partial charge in [-0.3, -0.25) is 9.36 Å². The number of nitrogens with zero attached hydrogens (tertiary/aromatic N) is 6. The summed E-state index contributed by atoms with van der Waals surface area (Å²) in [5.41, 5.74) is 2.42. The zero-order valence-corrected chi connectivity index (χ0v) is 19.2. The first-order valence-electron chi connectivity index (χ1n) is 10.5. The van der Waals surface area contributed by atoms with Crippen molar-refractivity contribution in [3.05, 3.63) is 95.3 Å². The highest BCUT2D eigenvalue weighted by molar-refractivity contribution is 8.00. The first-order valence-corrected chi connectivity index (χ1v) is 12.4. The van der Waals surface area contributed by atoms with Crippen molar-refractivity contribution in [3.63, 3.8) is 0 Å². The molecule has 0 saturated heterocycles. The van der Waals surface area contributed by atoms with Gasteiger partial charge in [0.1, 0.15) is 0 Å². The maximum atomic E-state index is 13.2. The van der Waals surface area contributed by atoms with E-state index in [2.05, 4.69) is 15.5 Å². The van der Waals surface area contributed by atoms with Gasteiger partial charge in [0.15, 0.2) is 5.16 Å². The van der Waals surface area contributed by atoms with Crippen LogP contribution in [0.4, 0.5) is 0 Å². The molecule has 0 bridgehead atoms. The number of thioether (sulfide) groups is 2. The molecule has 0 N–H and O–H groups in total. The molecular weight excluding hydrogens is 452 g/mol. The largest absolute Gasteiger partial charge is 0.268 e. The number of benzene rings is 3. The minimum Gasteiger partial charge on any atom is -0.268 e. The predicted octanol–water partition coefficient (Wildman–Crippen LogP) is 4.64. The number of hydrogen-bond acceptors (Lipinski definition) is 7. The zero-order valence-electron chi connectivity index (χ0n) is 17.6. The van der Waals surface area contributed by atoms with E-state index in [9.17, 15) is 4.79 Å². The van der Waals surface area contributed by atoms with Crippen molar-refractivity contribution in [2.45, 2.75) is 16.7 Å². The van der Waals surface area contributed by atoms with Crippen LogP contribution in [0.3, 0.4) is 0 Å². The molecule has 5 rings (SSSR count). The Bertz CT molecular complexity index is 1420.